The van der Waals surface area contributed by atoms with Gasteiger partial charge in [0.2, 0.25) is 17.7 Å². The van der Waals surface area contributed by atoms with Crippen molar-refractivity contribution in [3.63, 3.8) is 0 Å². The van der Waals surface area contributed by atoms with Crippen molar-refractivity contribution in [2.45, 2.75) is 57.8 Å². The number of hydrogen-bond donors (Lipinski definition) is 7. The number of imidazole rings is 1. The molecule has 0 bridgehead atoms. The fourth-order valence-corrected chi connectivity index (χ4v) is 2.58. The molecule has 0 aliphatic rings. The van der Waals surface area contributed by atoms with Crippen LogP contribution >= 0.6 is 0 Å². The fourth-order valence-electron chi connectivity index (χ4n) is 2.58. The van der Waals surface area contributed by atoms with Crippen LogP contribution in [0.4, 0.5) is 0 Å². The zero-order valence-corrected chi connectivity index (χ0v) is 17.2. The maximum absolute atomic E-state index is 12.5. The molecule has 8 N–H and O–H groups in total. The molecule has 3 amide bonds. The van der Waals surface area contributed by atoms with E-state index in [9.17, 15) is 19.2 Å². The van der Waals surface area contributed by atoms with Crippen LogP contribution in [-0.4, -0.2) is 74.6 Å². The number of nitrogens with one attached hydrogen (secondary N) is 4. The molecule has 1 rings (SSSR count). The van der Waals surface area contributed by atoms with Gasteiger partial charge in [0.25, 0.3) is 0 Å². The minimum Gasteiger partial charge on any atom is -0.480 e. The van der Waals surface area contributed by atoms with Gasteiger partial charge in [0, 0.05) is 18.3 Å². The molecular weight excluding hydrogens is 396 g/mol. The van der Waals surface area contributed by atoms with Gasteiger partial charge in [-0.25, -0.2) is 9.78 Å². The number of carboxylic acid groups (broad SMARTS) is 1. The number of amides is 3. The number of aromatic nitrogens is 2. The van der Waals surface area contributed by atoms with Crippen LogP contribution < -0.4 is 21.7 Å². The first-order chi connectivity index (χ1) is 14.0. The summed E-state index contributed by atoms with van der Waals surface area (Å²) in [5, 5.41) is 25.2. The van der Waals surface area contributed by atoms with E-state index in [1.807, 2.05) is 13.8 Å². The van der Waals surface area contributed by atoms with E-state index in [1.165, 1.54) is 19.4 Å². The zero-order valence-electron chi connectivity index (χ0n) is 17.2. The van der Waals surface area contributed by atoms with E-state index < -0.39 is 54.5 Å². The maximum atomic E-state index is 12.5. The first-order valence-electron chi connectivity index (χ1n) is 9.52. The predicted octanol–water partition coefficient (Wildman–Crippen LogP) is -2.12. The van der Waals surface area contributed by atoms with Crippen LogP contribution in [0.5, 0.6) is 0 Å². The quantitative estimate of drug-likeness (QED) is 0.196. The second-order valence-corrected chi connectivity index (χ2v) is 7.39. The normalized spacial score (nSPS) is 15.0. The third-order valence-electron chi connectivity index (χ3n) is 4.22. The highest BCUT2D eigenvalue weighted by atomic mass is 16.4. The lowest BCUT2D eigenvalue weighted by molar-refractivity contribution is -0.143. The van der Waals surface area contributed by atoms with Crippen LogP contribution in [0.3, 0.4) is 0 Å². The number of H-pyrrole nitrogens is 1. The Balaban J connectivity index is 2.81. The summed E-state index contributed by atoms with van der Waals surface area (Å²) in [5.41, 5.74) is 6.32. The molecule has 168 valence electrons. The first kappa shape index (κ1) is 25.0. The van der Waals surface area contributed by atoms with Crippen molar-refractivity contribution in [3.05, 3.63) is 18.2 Å². The number of aliphatic hydroxyl groups is 1. The number of carboxylic acids is 1. The number of carbonyl (C=O) groups excluding carboxylic acids is 3. The molecule has 0 fully saturated rings. The molecule has 30 heavy (non-hydrogen) atoms. The van der Waals surface area contributed by atoms with Gasteiger partial charge in [0.15, 0.2) is 0 Å². The number of nitrogens with two attached hydrogens (primary N) is 1. The van der Waals surface area contributed by atoms with Gasteiger partial charge >= 0.3 is 5.97 Å². The van der Waals surface area contributed by atoms with Gasteiger partial charge in [0.05, 0.1) is 19.0 Å². The molecule has 4 unspecified atom stereocenters. The summed E-state index contributed by atoms with van der Waals surface area (Å²) in [4.78, 5) is 54.8. The van der Waals surface area contributed by atoms with E-state index in [0.29, 0.717) is 12.1 Å². The molecule has 0 radical (unpaired) electrons. The SMILES string of the molecule is CC(C)CC(N)C(=O)NC(C)C(=O)NC(Cc1cnc[nH]1)C(=O)NC(CO)C(=O)O. The number of aromatic amines is 1. The molecule has 1 aromatic heterocycles. The van der Waals surface area contributed by atoms with Crippen LogP contribution in [0.25, 0.3) is 0 Å². The van der Waals surface area contributed by atoms with E-state index in [4.69, 9.17) is 15.9 Å². The Morgan fingerprint density at radius 1 is 1.07 bits per heavy atom. The molecule has 12 heteroatoms. The monoisotopic (exact) mass is 426 g/mol. The number of hydrogen-bond acceptors (Lipinski definition) is 7. The summed E-state index contributed by atoms with van der Waals surface area (Å²) >= 11 is 0. The Labute approximate surface area is 174 Å². The smallest absolute Gasteiger partial charge is 0.328 e. The van der Waals surface area contributed by atoms with Gasteiger partial charge in [-0.1, -0.05) is 13.8 Å². The minimum absolute atomic E-state index is 0.0110. The van der Waals surface area contributed by atoms with Crippen LogP contribution in [-0.2, 0) is 25.6 Å². The molecule has 0 aliphatic heterocycles. The van der Waals surface area contributed by atoms with Crippen LogP contribution in [0.15, 0.2) is 12.5 Å². The first-order valence-corrected chi connectivity index (χ1v) is 9.52. The lowest BCUT2D eigenvalue weighted by Gasteiger charge is -2.23. The largest absolute Gasteiger partial charge is 0.480 e. The molecule has 0 aliphatic carbocycles. The molecule has 12 nitrogen and oxygen atoms in total. The van der Waals surface area contributed by atoms with Gasteiger partial charge in [0.1, 0.15) is 18.1 Å². The third kappa shape index (κ3) is 8.17. The summed E-state index contributed by atoms with van der Waals surface area (Å²) in [6.07, 6.45) is 3.27. The Morgan fingerprint density at radius 2 is 1.70 bits per heavy atom. The Morgan fingerprint density at radius 3 is 2.20 bits per heavy atom. The van der Waals surface area contributed by atoms with Gasteiger partial charge in [-0.15, -0.1) is 0 Å². The molecule has 1 aromatic rings. The number of rotatable bonds is 12. The molecular formula is C18H30N6O6. The number of nitrogens with zero attached hydrogens (tertiary/aromatic N) is 1. The fraction of sp³-hybridized carbons (Fsp3) is 0.611. The molecule has 0 saturated heterocycles. The van der Waals surface area contributed by atoms with Crippen molar-refractivity contribution >= 4 is 23.7 Å². The van der Waals surface area contributed by atoms with E-state index in [2.05, 4.69) is 25.9 Å². The minimum atomic E-state index is -1.52. The van der Waals surface area contributed by atoms with Gasteiger partial charge < -0.3 is 36.9 Å². The van der Waals surface area contributed by atoms with Crippen molar-refractivity contribution in [2.24, 2.45) is 11.7 Å². The average Bonchev–Trinajstić information content (AvgIpc) is 3.17. The standard InChI is InChI=1S/C18H30N6O6/c1-9(2)4-12(19)16(27)22-10(3)15(26)23-13(5-11-6-20-8-21-11)17(28)24-14(7-25)18(29)30/h6,8-10,12-14,25H,4-5,7,19H2,1-3H3,(H,20,21)(H,22,27)(H,23,26)(H,24,28)(H,29,30). The van der Waals surface area contributed by atoms with Gasteiger partial charge in [-0.2, -0.15) is 0 Å². The summed E-state index contributed by atoms with van der Waals surface area (Å²) < 4.78 is 0. The number of aliphatic carboxylic acids is 1. The highest BCUT2D eigenvalue weighted by Gasteiger charge is 2.29. The molecule has 1 heterocycles. The molecule has 4 atom stereocenters. The summed E-state index contributed by atoms with van der Waals surface area (Å²) in [6.45, 7) is 4.46. The lowest BCUT2D eigenvalue weighted by atomic mass is 10.0. The molecule has 0 aromatic carbocycles. The van der Waals surface area contributed by atoms with Crippen molar-refractivity contribution < 1.29 is 29.4 Å². The second kappa shape index (κ2) is 11.9. The highest BCUT2D eigenvalue weighted by molar-refractivity contribution is 5.94. The van der Waals surface area contributed by atoms with E-state index >= 15 is 0 Å². The van der Waals surface area contributed by atoms with Crippen LogP contribution in [0, 0.1) is 5.92 Å². The zero-order chi connectivity index (χ0) is 22.8. The molecule has 0 saturated carbocycles. The summed E-state index contributed by atoms with van der Waals surface area (Å²) in [5.74, 6) is -3.18. The van der Waals surface area contributed by atoms with Crippen molar-refractivity contribution in [2.75, 3.05) is 6.61 Å². The second-order valence-electron chi connectivity index (χ2n) is 7.39. The third-order valence-corrected chi connectivity index (χ3v) is 4.22. The lowest BCUT2D eigenvalue weighted by Crippen LogP contribution is -2.57. The van der Waals surface area contributed by atoms with E-state index in [1.54, 1.807) is 0 Å². The van der Waals surface area contributed by atoms with Crippen LogP contribution in [0.1, 0.15) is 32.9 Å². The van der Waals surface area contributed by atoms with E-state index in [-0.39, 0.29) is 12.3 Å². The molecule has 0 spiro atoms. The average molecular weight is 426 g/mol. The summed E-state index contributed by atoms with van der Waals surface area (Å²) in [7, 11) is 0. The predicted molar refractivity (Wildman–Crippen MR) is 106 cm³/mol. The van der Waals surface area contributed by atoms with Crippen molar-refractivity contribution in [1.29, 1.82) is 0 Å². The number of carbonyl (C=O) groups is 4. The van der Waals surface area contributed by atoms with Crippen LogP contribution in [0.2, 0.25) is 0 Å². The Kier molecular flexibility index (Phi) is 9.92. The topological polar surface area (TPSA) is 200 Å². The van der Waals surface area contributed by atoms with E-state index in [0.717, 1.165) is 0 Å². The van der Waals surface area contributed by atoms with Crippen molar-refractivity contribution in [3.8, 4) is 0 Å². The number of aliphatic hydroxyl groups excluding tert-OH is 1. The Hall–Kier alpha value is -2.99. The Bertz CT molecular complexity index is 723. The van der Waals surface area contributed by atoms with Crippen molar-refractivity contribution in [1.82, 2.24) is 25.9 Å². The maximum Gasteiger partial charge on any atom is 0.328 e. The highest BCUT2D eigenvalue weighted by Crippen LogP contribution is 2.04. The van der Waals surface area contributed by atoms with Gasteiger partial charge in [-0.3, -0.25) is 14.4 Å². The van der Waals surface area contributed by atoms with Gasteiger partial charge in [-0.05, 0) is 19.3 Å². The summed E-state index contributed by atoms with van der Waals surface area (Å²) in [6, 6.07) is -4.45.